The van der Waals surface area contributed by atoms with Crippen LogP contribution < -0.4 is 34.9 Å². The molecule has 104 valence electrons. The van der Waals surface area contributed by atoms with Crippen molar-refractivity contribution in [3.8, 4) is 0 Å². The van der Waals surface area contributed by atoms with Gasteiger partial charge in [0.1, 0.15) is 6.04 Å². The molecule has 0 spiro atoms. The topological polar surface area (TPSA) is 137 Å². The molecule has 1 aliphatic rings. The van der Waals surface area contributed by atoms with E-state index >= 15 is 0 Å². The van der Waals surface area contributed by atoms with Crippen molar-refractivity contribution in [2.45, 2.75) is 31.3 Å². The van der Waals surface area contributed by atoms with Crippen molar-refractivity contribution in [2.75, 3.05) is 0 Å². The zero-order chi connectivity index (χ0) is 14.8. The molecule has 1 fully saturated rings. The van der Waals surface area contributed by atoms with Crippen LogP contribution in [0.25, 0.3) is 26.4 Å². The van der Waals surface area contributed by atoms with Crippen LogP contribution >= 0.6 is 0 Å². The summed E-state index contributed by atoms with van der Waals surface area (Å²) in [5, 5.41) is 6.45. The summed E-state index contributed by atoms with van der Waals surface area (Å²) < 4.78 is 0. The second-order valence-electron chi connectivity index (χ2n) is 4.21. The van der Waals surface area contributed by atoms with E-state index in [9.17, 15) is 4.79 Å². The van der Waals surface area contributed by atoms with Crippen LogP contribution in [0, 0.1) is 0 Å². The number of hydrogen-bond acceptors (Lipinski definition) is 2. The second-order valence-corrected chi connectivity index (χ2v) is 4.21. The quantitative estimate of drug-likeness (QED) is 0.363. The Kier molecular flexibility index (Phi) is 10.1. The molecule has 8 nitrogen and oxygen atoms in total. The van der Waals surface area contributed by atoms with Gasteiger partial charge in [-0.25, -0.2) is 0 Å². The fraction of sp³-hybridized carbons (Fsp3) is 0.417. The summed E-state index contributed by atoms with van der Waals surface area (Å²) >= 11 is 0. The van der Waals surface area contributed by atoms with Gasteiger partial charge in [0.15, 0.2) is 0 Å². The number of carbonyl (C=O) groups is 1. The zero-order valence-electron chi connectivity index (χ0n) is 11.8. The summed E-state index contributed by atoms with van der Waals surface area (Å²) in [5.41, 5.74) is 23.0. The Labute approximate surface area is 144 Å². The molecule has 0 aliphatic carbocycles. The maximum Gasteiger partial charge on any atom is 1.00 e. The van der Waals surface area contributed by atoms with Crippen LogP contribution in [0.4, 0.5) is 0 Å². The number of nitrogens with zero attached hydrogens (tertiary/aromatic N) is 6. The molecule has 1 aliphatic heterocycles. The number of nitrogens with one attached hydrogen (secondary N) is 1. The van der Waals surface area contributed by atoms with Gasteiger partial charge in [-0.1, -0.05) is 41.9 Å². The maximum absolute atomic E-state index is 11.8. The Balaban J connectivity index is 0.000000922. The van der Waals surface area contributed by atoms with Crippen LogP contribution in [0.5, 0.6) is 0 Å². The van der Waals surface area contributed by atoms with Crippen molar-refractivity contribution in [1.29, 1.82) is 0 Å². The van der Waals surface area contributed by atoms with Gasteiger partial charge in [-0.3, -0.25) is 9.71 Å². The average Bonchev–Trinajstić information content (AvgIpc) is 2.64. The Bertz CT molecular complexity index is 524. The number of azide groups is 1. The van der Waals surface area contributed by atoms with E-state index in [1.165, 1.54) is 4.91 Å². The number of benzene rings is 1. The van der Waals surface area contributed by atoms with E-state index in [0.29, 0.717) is 6.42 Å². The van der Waals surface area contributed by atoms with Gasteiger partial charge in [-0.15, -0.1) is 0 Å². The van der Waals surface area contributed by atoms with Crippen LogP contribution in [0.3, 0.4) is 0 Å². The number of carbonyl (C=O) groups excluding carboxylic acids is 1. The van der Waals surface area contributed by atoms with Crippen molar-refractivity contribution in [3.05, 3.63) is 62.3 Å². The molecule has 2 rings (SSSR count). The zero-order valence-corrected chi connectivity index (χ0v) is 13.8. The Morgan fingerprint density at radius 3 is 2.33 bits per heavy atom. The van der Waals surface area contributed by atoms with Gasteiger partial charge in [-0.2, -0.15) is 0 Å². The summed E-state index contributed by atoms with van der Waals surface area (Å²) in [5.74, 6) is -0.172. The maximum atomic E-state index is 11.8. The fourth-order valence-electron chi connectivity index (χ4n) is 2.09. The molecule has 0 bridgehead atoms. The molecule has 1 saturated heterocycles. The van der Waals surface area contributed by atoms with Gasteiger partial charge < -0.3 is 16.4 Å². The number of hydrogen-bond donors (Lipinski definition) is 1. The predicted molar refractivity (Wildman–Crippen MR) is 74.2 cm³/mol. The van der Waals surface area contributed by atoms with E-state index in [1.807, 2.05) is 30.3 Å². The Morgan fingerprint density at radius 2 is 1.76 bits per heavy atom. The van der Waals surface area contributed by atoms with Crippen LogP contribution in [0.2, 0.25) is 0 Å². The molecule has 0 radical (unpaired) electrons. The van der Waals surface area contributed by atoms with E-state index in [1.54, 1.807) is 0 Å². The molecule has 2 atom stereocenters. The first-order valence-electron chi connectivity index (χ1n) is 6.11. The number of amides is 1. The average molecular weight is 295 g/mol. The molecule has 1 aromatic rings. The van der Waals surface area contributed by atoms with Gasteiger partial charge in [0.25, 0.3) is 0 Å². The summed E-state index contributed by atoms with van der Waals surface area (Å²) in [7, 11) is 0. The molecule has 0 aromatic heterocycles. The van der Waals surface area contributed by atoms with Crippen molar-refractivity contribution in [3.63, 3.8) is 0 Å². The van der Waals surface area contributed by atoms with Gasteiger partial charge >= 0.3 is 29.6 Å². The molecule has 0 unspecified atom stereocenters. The molecular formula is C12H14N7NaO. The second kappa shape index (κ2) is 11.0. The van der Waals surface area contributed by atoms with Gasteiger partial charge in [0.05, 0.1) is 6.04 Å². The van der Waals surface area contributed by atoms with Crippen molar-refractivity contribution in [2.24, 2.45) is 5.11 Å². The van der Waals surface area contributed by atoms with E-state index in [4.69, 9.17) is 16.6 Å². The van der Waals surface area contributed by atoms with Crippen LogP contribution in [-0.4, -0.2) is 11.9 Å². The van der Waals surface area contributed by atoms with Gasteiger partial charge in [0.2, 0.25) is 5.91 Å². The summed E-state index contributed by atoms with van der Waals surface area (Å²) in [6.07, 6.45) is 2.38. The van der Waals surface area contributed by atoms with E-state index in [-0.39, 0.29) is 41.5 Å². The Hall–Kier alpha value is -1.69. The van der Waals surface area contributed by atoms with Crippen molar-refractivity contribution >= 4 is 5.91 Å². The largest absolute Gasteiger partial charge is 1.00 e. The third-order valence-electron chi connectivity index (χ3n) is 2.98. The molecule has 21 heavy (non-hydrogen) atoms. The van der Waals surface area contributed by atoms with Gasteiger partial charge in [0, 0.05) is 4.91 Å². The number of rotatable bonds is 2. The molecular weight excluding hydrogens is 281 g/mol. The minimum absolute atomic E-state index is 0. The molecule has 0 saturated carbocycles. The monoisotopic (exact) mass is 295 g/mol. The van der Waals surface area contributed by atoms with Crippen LogP contribution in [-0.2, 0) is 4.79 Å². The minimum atomic E-state index is -0.561. The van der Waals surface area contributed by atoms with E-state index in [2.05, 4.69) is 15.3 Å². The smallest absolute Gasteiger partial charge is 0.373 e. The first kappa shape index (κ1) is 19.3. The molecule has 1 aromatic carbocycles. The predicted octanol–water partition coefficient (Wildman–Crippen LogP) is 0.577. The van der Waals surface area contributed by atoms with Crippen molar-refractivity contribution in [1.82, 2.24) is 5.32 Å². The normalized spacial score (nSPS) is 20.1. The molecule has 1 heterocycles. The third-order valence-corrected chi connectivity index (χ3v) is 2.98. The van der Waals surface area contributed by atoms with Gasteiger partial charge in [-0.05, 0) is 23.9 Å². The SMILES string of the molecule is [N-]=[N+]=N[C@@H]1CCC[C@H](c2ccccc2)NC1=O.[N-]=[N+]=[N-].[Na+]. The first-order chi connectivity index (χ1) is 9.72. The Morgan fingerprint density at radius 1 is 1.14 bits per heavy atom. The van der Waals surface area contributed by atoms with Crippen molar-refractivity contribution < 1.29 is 34.4 Å². The summed E-state index contributed by atoms with van der Waals surface area (Å²) in [6.45, 7) is 0. The third kappa shape index (κ3) is 6.53. The fourth-order valence-corrected chi connectivity index (χ4v) is 2.09. The van der Waals surface area contributed by atoms with Crippen LogP contribution in [0.15, 0.2) is 35.4 Å². The van der Waals surface area contributed by atoms with Crippen LogP contribution in [0.1, 0.15) is 30.9 Å². The first-order valence-corrected chi connectivity index (χ1v) is 6.11. The molecule has 1 N–H and O–H groups in total. The molecule has 1 amide bonds. The van der Waals surface area contributed by atoms with E-state index in [0.717, 1.165) is 18.4 Å². The molecule has 9 heteroatoms. The standard InChI is InChI=1S/C12H14N4O.N3.Na/c13-16-15-11-8-4-7-10(14-12(11)17)9-5-2-1-3-6-9;1-3-2;/h1-3,5-6,10-11H,4,7-8H2,(H,14,17);;/q;-1;+1/t10-,11-;;/m1../s1. The minimum Gasteiger partial charge on any atom is -0.373 e. The summed E-state index contributed by atoms with van der Waals surface area (Å²) in [4.78, 5) is 16.0. The summed E-state index contributed by atoms with van der Waals surface area (Å²) in [6, 6.07) is 9.33. The van der Waals surface area contributed by atoms with E-state index < -0.39 is 6.04 Å².